The zero-order valence-electron chi connectivity index (χ0n) is 9.57. The normalized spacial score (nSPS) is 7.57. The van der Waals surface area contributed by atoms with Crippen LogP contribution >= 0.6 is 12.6 Å². The van der Waals surface area contributed by atoms with Gasteiger partial charge in [-0.1, -0.05) is 13.8 Å². The van der Waals surface area contributed by atoms with Crippen molar-refractivity contribution in [3.05, 3.63) is 24.3 Å². The van der Waals surface area contributed by atoms with Crippen LogP contribution in [0.2, 0.25) is 0 Å². The van der Waals surface area contributed by atoms with Crippen molar-refractivity contribution in [3.63, 3.8) is 0 Å². The van der Waals surface area contributed by atoms with Gasteiger partial charge in [-0.05, 0) is 24.3 Å². The molecule has 0 aliphatic carbocycles. The van der Waals surface area contributed by atoms with E-state index in [1.165, 1.54) is 0 Å². The van der Waals surface area contributed by atoms with Crippen LogP contribution < -0.4 is 4.74 Å². The molecule has 14 heavy (non-hydrogen) atoms. The van der Waals surface area contributed by atoms with Crippen LogP contribution in [0.15, 0.2) is 29.2 Å². The Morgan fingerprint density at radius 2 is 1.29 bits per heavy atom. The van der Waals surface area contributed by atoms with E-state index in [0.29, 0.717) is 0 Å². The highest BCUT2D eigenvalue weighted by atomic mass is 32.1. The van der Waals surface area contributed by atoms with Gasteiger partial charge in [-0.3, -0.25) is 0 Å². The second-order valence-corrected chi connectivity index (χ2v) is 2.62. The number of benzene rings is 1. The second-order valence-electron chi connectivity index (χ2n) is 2.11. The molecule has 1 aromatic carbocycles. The first-order valence-corrected chi connectivity index (χ1v) is 4.92. The molecule has 0 aromatic heterocycles. The average molecular weight is 216 g/mol. The Labute approximate surface area is 92.6 Å². The summed E-state index contributed by atoms with van der Waals surface area (Å²) < 4.78 is 9.19. The van der Waals surface area contributed by atoms with Crippen LogP contribution in [0.4, 0.5) is 0 Å². The predicted molar refractivity (Wildman–Crippen MR) is 64.5 cm³/mol. The van der Waals surface area contributed by atoms with Crippen LogP contribution in [0.25, 0.3) is 0 Å². The zero-order chi connectivity index (χ0) is 11.4. The van der Waals surface area contributed by atoms with Crippen LogP contribution in [0, 0.1) is 0 Å². The predicted octanol–water partition coefficient (Wildman–Crippen LogP) is 3.27. The number of rotatable bonds is 1. The van der Waals surface area contributed by atoms with Gasteiger partial charge in [0.2, 0.25) is 0 Å². The topological polar surface area (TPSA) is 18.5 Å². The Morgan fingerprint density at radius 1 is 0.929 bits per heavy atom. The molecule has 1 rings (SSSR count). The summed E-state index contributed by atoms with van der Waals surface area (Å²) in [6.07, 6.45) is 0. The highest BCUT2D eigenvalue weighted by Crippen LogP contribution is 2.12. The van der Waals surface area contributed by atoms with Gasteiger partial charge in [0.25, 0.3) is 0 Å². The first-order chi connectivity index (χ1) is 6.74. The first kappa shape index (κ1) is 15.8. The Balaban J connectivity index is 0. The molecule has 0 fully saturated rings. The minimum absolute atomic E-state index is 0.868. The molecule has 0 radical (unpaired) electrons. The Morgan fingerprint density at radius 3 is 1.57 bits per heavy atom. The van der Waals surface area contributed by atoms with Crippen LogP contribution in [-0.2, 0) is 4.74 Å². The molecule has 0 atom stereocenters. The van der Waals surface area contributed by atoms with E-state index in [-0.39, 0.29) is 0 Å². The molecule has 0 aliphatic rings. The van der Waals surface area contributed by atoms with Crippen molar-refractivity contribution in [2.75, 3.05) is 21.3 Å². The van der Waals surface area contributed by atoms with E-state index in [1.54, 1.807) is 21.3 Å². The Bertz CT molecular complexity index is 197. The Kier molecular flexibility index (Phi) is 13.9. The zero-order valence-corrected chi connectivity index (χ0v) is 10.5. The van der Waals surface area contributed by atoms with Crippen molar-refractivity contribution in [1.82, 2.24) is 0 Å². The first-order valence-electron chi connectivity index (χ1n) is 4.47. The van der Waals surface area contributed by atoms with Gasteiger partial charge in [0.1, 0.15) is 5.75 Å². The molecule has 0 spiro atoms. The smallest absolute Gasteiger partial charge is 0.118 e. The lowest BCUT2D eigenvalue weighted by atomic mass is 10.3. The molecule has 0 amide bonds. The van der Waals surface area contributed by atoms with E-state index >= 15 is 0 Å². The molecule has 0 saturated heterocycles. The molecule has 2 nitrogen and oxygen atoms in total. The van der Waals surface area contributed by atoms with Crippen molar-refractivity contribution in [2.45, 2.75) is 18.7 Å². The summed E-state index contributed by atoms with van der Waals surface area (Å²) in [5.41, 5.74) is 0. The van der Waals surface area contributed by atoms with E-state index in [2.05, 4.69) is 17.4 Å². The van der Waals surface area contributed by atoms with Gasteiger partial charge in [0.05, 0.1) is 7.11 Å². The van der Waals surface area contributed by atoms with Gasteiger partial charge in [-0.15, -0.1) is 12.6 Å². The molecule has 0 saturated carbocycles. The molecule has 1 aromatic rings. The fourth-order valence-corrected chi connectivity index (χ4v) is 0.731. The lowest BCUT2D eigenvalue weighted by Gasteiger charge is -1.96. The minimum atomic E-state index is 0.868. The largest absolute Gasteiger partial charge is 0.497 e. The SMILES string of the molecule is CC.COC.COc1ccc(S)cc1. The molecule has 3 heteroatoms. The molecule has 0 heterocycles. The van der Waals surface area contributed by atoms with Crippen LogP contribution in [0.5, 0.6) is 5.75 Å². The fraction of sp³-hybridized carbons (Fsp3) is 0.455. The summed E-state index contributed by atoms with van der Waals surface area (Å²) in [7, 11) is 4.90. The third-order valence-electron chi connectivity index (χ3n) is 1.07. The highest BCUT2D eigenvalue weighted by Gasteiger charge is 1.86. The van der Waals surface area contributed by atoms with Crippen molar-refractivity contribution >= 4 is 12.6 Å². The molecule has 0 aliphatic heterocycles. The van der Waals surface area contributed by atoms with Crippen molar-refractivity contribution in [2.24, 2.45) is 0 Å². The molecule has 0 bridgehead atoms. The third-order valence-corrected chi connectivity index (χ3v) is 1.37. The van der Waals surface area contributed by atoms with Crippen LogP contribution in [0.1, 0.15) is 13.8 Å². The van der Waals surface area contributed by atoms with Gasteiger partial charge < -0.3 is 9.47 Å². The van der Waals surface area contributed by atoms with Crippen molar-refractivity contribution < 1.29 is 9.47 Å². The van der Waals surface area contributed by atoms with Gasteiger partial charge in [-0.2, -0.15) is 0 Å². The number of thiol groups is 1. The van der Waals surface area contributed by atoms with Gasteiger partial charge in [0, 0.05) is 19.1 Å². The summed E-state index contributed by atoms with van der Waals surface area (Å²) in [5, 5.41) is 0. The quantitative estimate of drug-likeness (QED) is 0.726. The van der Waals surface area contributed by atoms with Crippen LogP contribution in [0.3, 0.4) is 0 Å². The molecular weight excluding hydrogens is 196 g/mol. The molecule has 0 N–H and O–H groups in total. The minimum Gasteiger partial charge on any atom is -0.497 e. The highest BCUT2D eigenvalue weighted by molar-refractivity contribution is 7.80. The molecule has 82 valence electrons. The van der Waals surface area contributed by atoms with E-state index < -0.39 is 0 Å². The van der Waals surface area contributed by atoms with E-state index in [0.717, 1.165) is 10.6 Å². The third kappa shape index (κ3) is 9.42. The van der Waals surface area contributed by atoms with Crippen molar-refractivity contribution in [1.29, 1.82) is 0 Å². The van der Waals surface area contributed by atoms with E-state index in [1.807, 2.05) is 38.1 Å². The molecule has 0 unspecified atom stereocenters. The fourth-order valence-electron chi connectivity index (χ4n) is 0.582. The van der Waals surface area contributed by atoms with Crippen LogP contribution in [-0.4, -0.2) is 21.3 Å². The summed E-state index contributed by atoms with van der Waals surface area (Å²) >= 11 is 4.11. The maximum Gasteiger partial charge on any atom is 0.118 e. The number of ether oxygens (including phenoxy) is 2. The average Bonchev–Trinajstić information content (AvgIpc) is 2.23. The number of methoxy groups -OCH3 is 2. The second kappa shape index (κ2) is 12.3. The van der Waals surface area contributed by atoms with E-state index in [4.69, 9.17) is 4.74 Å². The van der Waals surface area contributed by atoms with Gasteiger partial charge in [-0.25, -0.2) is 0 Å². The van der Waals surface area contributed by atoms with Gasteiger partial charge in [0.15, 0.2) is 0 Å². The molecular formula is C11H20O2S. The lowest BCUT2D eigenvalue weighted by molar-refractivity contribution is 0.277. The summed E-state index contributed by atoms with van der Waals surface area (Å²) in [6.45, 7) is 4.00. The standard InChI is InChI=1S/C7H8OS.C2H6O.C2H6/c1-8-6-2-4-7(9)5-3-6;1-3-2;1-2/h2-5,9H,1H3;1-2H3;1-2H3. The Hall–Kier alpha value is -0.670. The van der Waals surface area contributed by atoms with Crippen molar-refractivity contribution in [3.8, 4) is 5.75 Å². The maximum absolute atomic E-state index is 4.94. The maximum atomic E-state index is 4.94. The number of hydrogen-bond donors (Lipinski definition) is 1. The van der Waals surface area contributed by atoms with Gasteiger partial charge >= 0.3 is 0 Å². The monoisotopic (exact) mass is 216 g/mol. The lowest BCUT2D eigenvalue weighted by Crippen LogP contribution is -1.79. The van der Waals surface area contributed by atoms with E-state index in [9.17, 15) is 0 Å². The summed E-state index contributed by atoms with van der Waals surface area (Å²) in [6, 6.07) is 7.54. The summed E-state index contributed by atoms with van der Waals surface area (Å²) in [4.78, 5) is 0.954. The summed E-state index contributed by atoms with van der Waals surface area (Å²) in [5.74, 6) is 0.868. The number of hydrogen-bond acceptors (Lipinski definition) is 3.